The monoisotopic (exact) mass is 344 g/mol. The van der Waals surface area contributed by atoms with Crippen LogP contribution in [-0.4, -0.2) is 60.5 Å². The molecule has 1 aromatic carbocycles. The second-order valence-corrected chi connectivity index (χ2v) is 7.44. The molecule has 6 heteroatoms. The maximum Gasteiger partial charge on any atom is 0.319 e. The summed E-state index contributed by atoms with van der Waals surface area (Å²) in [4.78, 5) is 28.9. The molecule has 0 radical (unpaired) electrons. The van der Waals surface area contributed by atoms with Gasteiger partial charge < -0.3 is 15.5 Å². The molecule has 1 aromatic rings. The highest BCUT2D eigenvalue weighted by Gasteiger charge is 2.24. The summed E-state index contributed by atoms with van der Waals surface area (Å²) in [5, 5.41) is 5.69. The second-order valence-electron chi connectivity index (χ2n) is 7.44. The standard InChI is InChI=1S/C19H28N4O2/c1-14(2)13-22-8-10-23(11-9-22)18(24)15-4-3-5-17(12-15)21-19(25)20-16-6-7-16/h3-5,12,14,16H,6-11,13H2,1-2H3,(H2,20,21,25). The fraction of sp³-hybridized carbons (Fsp3) is 0.579. The zero-order valence-corrected chi connectivity index (χ0v) is 15.1. The fourth-order valence-corrected chi connectivity index (χ4v) is 3.14. The van der Waals surface area contributed by atoms with Crippen molar-refractivity contribution in [2.24, 2.45) is 5.92 Å². The molecule has 0 aromatic heterocycles. The van der Waals surface area contributed by atoms with Crippen molar-refractivity contribution in [2.75, 3.05) is 38.0 Å². The van der Waals surface area contributed by atoms with Gasteiger partial charge in [0, 0.05) is 50.0 Å². The highest BCUT2D eigenvalue weighted by Crippen LogP contribution is 2.19. The first-order valence-electron chi connectivity index (χ1n) is 9.20. The Morgan fingerprint density at radius 2 is 1.88 bits per heavy atom. The number of hydrogen-bond donors (Lipinski definition) is 2. The number of rotatable bonds is 5. The predicted octanol–water partition coefficient (Wildman–Crippen LogP) is 2.38. The van der Waals surface area contributed by atoms with E-state index in [1.165, 1.54) is 0 Å². The molecule has 1 saturated heterocycles. The van der Waals surface area contributed by atoms with Gasteiger partial charge in [-0.1, -0.05) is 19.9 Å². The first-order chi connectivity index (χ1) is 12.0. The molecule has 25 heavy (non-hydrogen) atoms. The smallest absolute Gasteiger partial charge is 0.319 e. The van der Waals surface area contributed by atoms with Crippen LogP contribution in [0.3, 0.4) is 0 Å². The van der Waals surface area contributed by atoms with Crippen molar-refractivity contribution in [2.45, 2.75) is 32.7 Å². The van der Waals surface area contributed by atoms with Gasteiger partial charge in [-0.25, -0.2) is 4.79 Å². The Balaban J connectivity index is 1.55. The van der Waals surface area contributed by atoms with Crippen LogP contribution in [0.5, 0.6) is 0 Å². The van der Waals surface area contributed by atoms with Crippen LogP contribution in [-0.2, 0) is 0 Å². The lowest BCUT2D eigenvalue weighted by atomic mass is 10.1. The summed E-state index contributed by atoms with van der Waals surface area (Å²) in [7, 11) is 0. The van der Waals surface area contributed by atoms with Crippen molar-refractivity contribution in [1.29, 1.82) is 0 Å². The van der Waals surface area contributed by atoms with Gasteiger partial charge >= 0.3 is 6.03 Å². The van der Waals surface area contributed by atoms with Gasteiger partial charge in [0.15, 0.2) is 0 Å². The van der Waals surface area contributed by atoms with Gasteiger partial charge in [-0.3, -0.25) is 9.69 Å². The molecule has 3 rings (SSSR count). The van der Waals surface area contributed by atoms with Crippen molar-refractivity contribution in [1.82, 2.24) is 15.1 Å². The molecule has 1 aliphatic carbocycles. The van der Waals surface area contributed by atoms with E-state index in [1.54, 1.807) is 6.07 Å². The molecule has 0 bridgehead atoms. The van der Waals surface area contributed by atoms with E-state index in [9.17, 15) is 9.59 Å². The summed E-state index contributed by atoms with van der Waals surface area (Å²) >= 11 is 0. The number of urea groups is 1. The molecule has 1 aliphatic heterocycles. The third-order valence-corrected chi connectivity index (χ3v) is 4.56. The van der Waals surface area contributed by atoms with Gasteiger partial charge in [0.1, 0.15) is 0 Å². The third kappa shape index (κ3) is 5.19. The number of anilines is 1. The quantitative estimate of drug-likeness (QED) is 0.862. The molecule has 2 aliphatic rings. The Labute approximate surface area is 149 Å². The normalized spacial score (nSPS) is 18.3. The van der Waals surface area contributed by atoms with Gasteiger partial charge in [-0.2, -0.15) is 0 Å². The van der Waals surface area contributed by atoms with E-state index in [0.29, 0.717) is 23.2 Å². The van der Waals surface area contributed by atoms with Crippen molar-refractivity contribution in [3.63, 3.8) is 0 Å². The molecular weight excluding hydrogens is 316 g/mol. The minimum absolute atomic E-state index is 0.0375. The highest BCUT2D eigenvalue weighted by molar-refractivity contribution is 5.97. The molecule has 0 unspecified atom stereocenters. The van der Waals surface area contributed by atoms with E-state index in [1.807, 2.05) is 23.1 Å². The number of amides is 3. The van der Waals surface area contributed by atoms with Crippen molar-refractivity contribution < 1.29 is 9.59 Å². The van der Waals surface area contributed by atoms with Crippen molar-refractivity contribution in [3.8, 4) is 0 Å². The molecule has 1 heterocycles. The topological polar surface area (TPSA) is 64.7 Å². The highest BCUT2D eigenvalue weighted by atomic mass is 16.2. The predicted molar refractivity (Wildman–Crippen MR) is 98.8 cm³/mol. The SMILES string of the molecule is CC(C)CN1CCN(C(=O)c2cccc(NC(=O)NC3CC3)c2)CC1. The summed E-state index contributed by atoms with van der Waals surface area (Å²) in [5.74, 6) is 0.683. The number of nitrogens with zero attached hydrogens (tertiary/aromatic N) is 2. The van der Waals surface area contributed by atoms with Crippen LogP contribution in [0, 0.1) is 5.92 Å². The average molecular weight is 344 g/mol. The number of benzene rings is 1. The number of carbonyl (C=O) groups excluding carboxylic acids is 2. The van der Waals surface area contributed by atoms with Crippen LogP contribution in [0.25, 0.3) is 0 Å². The Morgan fingerprint density at radius 3 is 2.52 bits per heavy atom. The van der Waals surface area contributed by atoms with Gasteiger partial charge in [0.2, 0.25) is 0 Å². The summed E-state index contributed by atoms with van der Waals surface area (Å²) in [5.41, 5.74) is 1.28. The van der Waals surface area contributed by atoms with Gasteiger partial charge in [-0.05, 0) is 37.0 Å². The number of nitrogens with one attached hydrogen (secondary N) is 2. The molecule has 1 saturated carbocycles. The molecule has 6 nitrogen and oxygen atoms in total. The first kappa shape index (κ1) is 17.7. The number of piperazine rings is 1. The van der Waals surface area contributed by atoms with Crippen LogP contribution < -0.4 is 10.6 Å². The van der Waals surface area contributed by atoms with E-state index in [4.69, 9.17) is 0 Å². The third-order valence-electron chi connectivity index (χ3n) is 4.56. The van der Waals surface area contributed by atoms with Crippen LogP contribution in [0.1, 0.15) is 37.0 Å². The summed E-state index contributed by atoms with van der Waals surface area (Å²) in [6, 6.07) is 7.31. The summed E-state index contributed by atoms with van der Waals surface area (Å²) < 4.78 is 0. The Kier molecular flexibility index (Phi) is 5.58. The Hall–Kier alpha value is -2.08. The maximum absolute atomic E-state index is 12.7. The molecule has 2 fully saturated rings. The largest absolute Gasteiger partial charge is 0.336 e. The van der Waals surface area contributed by atoms with Crippen LogP contribution in [0.2, 0.25) is 0 Å². The average Bonchev–Trinajstić information content (AvgIpc) is 3.38. The molecule has 3 amide bonds. The van der Waals surface area contributed by atoms with Crippen molar-refractivity contribution >= 4 is 17.6 Å². The summed E-state index contributed by atoms with van der Waals surface area (Å²) in [6.07, 6.45) is 2.10. The summed E-state index contributed by atoms with van der Waals surface area (Å²) in [6.45, 7) is 8.87. The minimum atomic E-state index is -0.200. The number of carbonyl (C=O) groups is 2. The second kappa shape index (κ2) is 7.87. The lowest BCUT2D eigenvalue weighted by Gasteiger charge is -2.35. The van der Waals surface area contributed by atoms with Crippen LogP contribution in [0.15, 0.2) is 24.3 Å². The number of hydrogen-bond acceptors (Lipinski definition) is 3. The van der Waals surface area contributed by atoms with Gasteiger partial charge in [-0.15, -0.1) is 0 Å². The first-order valence-corrected chi connectivity index (χ1v) is 9.20. The van der Waals surface area contributed by atoms with E-state index >= 15 is 0 Å². The van der Waals surface area contributed by atoms with Gasteiger partial charge in [0.25, 0.3) is 5.91 Å². The Bertz CT molecular complexity index is 620. The zero-order chi connectivity index (χ0) is 17.8. The lowest BCUT2D eigenvalue weighted by molar-refractivity contribution is 0.0624. The lowest BCUT2D eigenvalue weighted by Crippen LogP contribution is -2.49. The fourth-order valence-electron chi connectivity index (χ4n) is 3.14. The zero-order valence-electron chi connectivity index (χ0n) is 15.1. The maximum atomic E-state index is 12.7. The minimum Gasteiger partial charge on any atom is -0.336 e. The van der Waals surface area contributed by atoms with Gasteiger partial charge in [0.05, 0.1) is 0 Å². The molecule has 0 spiro atoms. The van der Waals surface area contributed by atoms with E-state index in [0.717, 1.165) is 45.6 Å². The Morgan fingerprint density at radius 1 is 1.16 bits per heavy atom. The molecule has 0 atom stereocenters. The van der Waals surface area contributed by atoms with Crippen molar-refractivity contribution in [3.05, 3.63) is 29.8 Å². The van der Waals surface area contributed by atoms with E-state index in [2.05, 4.69) is 29.4 Å². The van der Waals surface area contributed by atoms with E-state index in [-0.39, 0.29) is 11.9 Å². The van der Waals surface area contributed by atoms with E-state index < -0.39 is 0 Å². The molecule has 136 valence electrons. The van der Waals surface area contributed by atoms with Crippen LogP contribution >= 0.6 is 0 Å². The van der Waals surface area contributed by atoms with Crippen LogP contribution in [0.4, 0.5) is 10.5 Å². The molecule has 2 N–H and O–H groups in total. The molecular formula is C19H28N4O2.